The van der Waals surface area contributed by atoms with Crippen molar-refractivity contribution in [3.8, 4) is 5.75 Å². The first-order valence-electron chi connectivity index (χ1n) is 7.46. The Morgan fingerprint density at radius 1 is 1.17 bits per heavy atom. The van der Waals surface area contributed by atoms with Gasteiger partial charge in [-0.2, -0.15) is 0 Å². The second-order valence-corrected chi connectivity index (χ2v) is 6.40. The monoisotopic (exact) mass is 330 g/mol. The van der Waals surface area contributed by atoms with E-state index >= 15 is 0 Å². The predicted molar refractivity (Wildman–Crippen MR) is 90.7 cm³/mol. The quantitative estimate of drug-likeness (QED) is 0.906. The largest absolute Gasteiger partial charge is 0.496 e. The van der Waals surface area contributed by atoms with Crippen LogP contribution in [0.5, 0.6) is 5.75 Å². The fraction of sp³-hybridized carbons (Fsp3) is 0.294. The molecule has 0 fully saturated rings. The molecule has 2 amide bonds. The fourth-order valence-electron chi connectivity index (χ4n) is 2.86. The lowest BCUT2D eigenvalue weighted by molar-refractivity contribution is 0.0963. The molecule has 0 saturated heterocycles. The van der Waals surface area contributed by atoms with Gasteiger partial charge in [0.05, 0.1) is 18.2 Å². The first-order chi connectivity index (χ1) is 11.2. The number of nitrogens with one attached hydrogen (secondary N) is 2. The van der Waals surface area contributed by atoms with Crippen molar-refractivity contribution in [3.63, 3.8) is 0 Å². The summed E-state index contributed by atoms with van der Waals surface area (Å²) >= 11 is 1.50. The van der Waals surface area contributed by atoms with Gasteiger partial charge in [-0.05, 0) is 37.0 Å². The molecule has 23 heavy (non-hydrogen) atoms. The van der Waals surface area contributed by atoms with Crippen molar-refractivity contribution in [1.29, 1.82) is 0 Å². The first kappa shape index (κ1) is 15.6. The van der Waals surface area contributed by atoms with Crippen LogP contribution in [0.2, 0.25) is 0 Å². The summed E-state index contributed by atoms with van der Waals surface area (Å²) in [6.07, 6.45) is 2.92. The molecule has 5 nitrogen and oxygen atoms in total. The van der Waals surface area contributed by atoms with Crippen LogP contribution in [-0.4, -0.2) is 26.0 Å². The van der Waals surface area contributed by atoms with E-state index in [-0.39, 0.29) is 11.8 Å². The van der Waals surface area contributed by atoms with E-state index in [2.05, 4.69) is 10.6 Å². The molecule has 1 aliphatic carbocycles. The van der Waals surface area contributed by atoms with Crippen molar-refractivity contribution in [2.24, 2.45) is 0 Å². The highest BCUT2D eigenvalue weighted by molar-refractivity contribution is 7.17. The highest BCUT2D eigenvalue weighted by Crippen LogP contribution is 2.39. The Bertz CT molecular complexity index is 767. The van der Waals surface area contributed by atoms with Gasteiger partial charge in [-0.1, -0.05) is 12.1 Å². The maximum absolute atomic E-state index is 12.6. The van der Waals surface area contributed by atoms with Crippen LogP contribution in [-0.2, 0) is 12.8 Å². The van der Waals surface area contributed by atoms with E-state index in [0.717, 1.165) is 24.8 Å². The van der Waals surface area contributed by atoms with Gasteiger partial charge in [0, 0.05) is 11.9 Å². The third-order valence-corrected chi connectivity index (χ3v) is 5.16. The lowest BCUT2D eigenvalue weighted by Crippen LogP contribution is -2.21. The Morgan fingerprint density at radius 2 is 1.96 bits per heavy atom. The minimum absolute atomic E-state index is 0.153. The number of amides is 2. The van der Waals surface area contributed by atoms with E-state index in [0.29, 0.717) is 21.9 Å². The number of carbonyl (C=O) groups excluding carboxylic acids is 2. The summed E-state index contributed by atoms with van der Waals surface area (Å²) in [5, 5.41) is 6.17. The zero-order valence-electron chi connectivity index (χ0n) is 13.1. The smallest absolute Gasteiger partial charge is 0.260 e. The Labute approximate surface area is 138 Å². The number of rotatable bonds is 4. The number of methoxy groups -OCH3 is 1. The molecule has 0 radical (unpaired) electrons. The van der Waals surface area contributed by atoms with E-state index in [4.69, 9.17) is 4.74 Å². The molecule has 6 heteroatoms. The van der Waals surface area contributed by atoms with Gasteiger partial charge in [-0.3, -0.25) is 9.59 Å². The van der Waals surface area contributed by atoms with E-state index in [1.54, 1.807) is 25.2 Å². The summed E-state index contributed by atoms with van der Waals surface area (Å²) in [4.78, 5) is 26.0. The molecule has 0 unspecified atom stereocenters. The van der Waals surface area contributed by atoms with Crippen molar-refractivity contribution >= 4 is 28.2 Å². The van der Waals surface area contributed by atoms with Crippen molar-refractivity contribution in [2.75, 3.05) is 19.5 Å². The zero-order valence-corrected chi connectivity index (χ0v) is 13.9. The number of hydrogen-bond donors (Lipinski definition) is 2. The van der Waals surface area contributed by atoms with Crippen LogP contribution in [0.1, 0.15) is 37.6 Å². The predicted octanol–water partition coefficient (Wildman–Crippen LogP) is 2.86. The fourth-order valence-corrected chi connectivity index (χ4v) is 4.14. The van der Waals surface area contributed by atoms with Gasteiger partial charge in [0.1, 0.15) is 10.8 Å². The molecule has 2 aromatic rings. The van der Waals surface area contributed by atoms with Gasteiger partial charge in [0.15, 0.2) is 0 Å². The average molecular weight is 330 g/mol. The van der Waals surface area contributed by atoms with Crippen LogP contribution in [0.4, 0.5) is 5.00 Å². The molecule has 3 rings (SSSR count). The van der Waals surface area contributed by atoms with Crippen molar-refractivity contribution in [1.82, 2.24) is 5.32 Å². The molecular formula is C17H18N2O3S. The minimum atomic E-state index is -0.271. The Hall–Kier alpha value is -2.34. The molecule has 1 aromatic carbocycles. The van der Waals surface area contributed by atoms with Crippen molar-refractivity contribution < 1.29 is 14.3 Å². The summed E-state index contributed by atoms with van der Waals surface area (Å²) in [7, 11) is 3.13. The molecule has 0 atom stereocenters. The van der Waals surface area contributed by atoms with Crippen LogP contribution in [0.3, 0.4) is 0 Å². The topological polar surface area (TPSA) is 67.4 Å². The number of para-hydroxylation sites is 1. The number of ether oxygens (including phenoxy) is 1. The summed E-state index contributed by atoms with van der Waals surface area (Å²) in [5.41, 5.74) is 2.13. The molecule has 2 N–H and O–H groups in total. The zero-order chi connectivity index (χ0) is 16.4. The first-order valence-corrected chi connectivity index (χ1v) is 8.28. The third-order valence-electron chi connectivity index (χ3n) is 3.95. The number of hydrogen-bond acceptors (Lipinski definition) is 4. The van der Waals surface area contributed by atoms with E-state index in [9.17, 15) is 9.59 Å². The highest BCUT2D eigenvalue weighted by atomic mass is 32.1. The number of carbonyl (C=O) groups is 2. The molecule has 1 heterocycles. The second kappa shape index (κ2) is 6.42. The third kappa shape index (κ3) is 2.82. The van der Waals surface area contributed by atoms with Crippen LogP contribution in [0, 0.1) is 0 Å². The van der Waals surface area contributed by atoms with E-state index < -0.39 is 0 Å². The lowest BCUT2D eigenvalue weighted by Gasteiger charge is -2.10. The van der Waals surface area contributed by atoms with Crippen molar-refractivity contribution in [2.45, 2.75) is 19.3 Å². The van der Waals surface area contributed by atoms with Crippen LogP contribution in [0.25, 0.3) is 0 Å². The second-order valence-electron chi connectivity index (χ2n) is 5.30. The summed E-state index contributed by atoms with van der Waals surface area (Å²) in [6, 6.07) is 7.04. The Balaban J connectivity index is 1.94. The minimum Gasteiger partial charge on any atom is -0.496 e. The van der Waals surface area contributed by atoms with Gasteiger partial charge in [0.2, 0.25) is 0 Å². The summed E-state index contributed by atoms with van der Waals surface area (Å²) in [6.45, 7) is 0. The number of benzene rings is 1. The van der Waals surface area contributed by atoms with Crippen LogP contribution >= 0.6 is 11.3 Å². The molecule has 1 aromatic heterocycles. The number of anilines is 1. The molecule has 0 bridgehead atoms. The SMILES string of the molecule is CNC(=O)c1c(NC(=O)c2ccccc2OC)sc2c1CCC2. The highest BCUT2D eigenvalue weighted by Gasteiger charge is 2.27. The maximum Gasteiger partial charge on any atom is 0.260 e. The van der Waals surface area contributed by atoms with Crippen LogP contribution < -0.4 is 15.4 Å². The number of fused-ring (bicyclic) bond motifs is 1. The van der Waals surface area contributed by atoms with E-state index in [1.165, 1.54) is 23.3 Å². The normalized spacial score (nSPS) is 12.6. The summed E-state index contributed by atoms with van der Waals surface area (Å²) in [5.74, 6) is 0.0860. The molecule has 0 saturated carbocycles. The Kier molecular flexibility index (Phi) is 4.34. The maximum atomic E-state index is 12.6. The Morgan fingerprint density at radius 3 is 2.70 bits per heavy atom. The molecular weight excluding hydrogens is 312 g/mol. The van der Waals surface area contributed by atoms with Gasteiger partial charge in [0.25, 0.3) is 11.8 Å². The summed E-state index contributed by atoms with van der Waals surface area (Å²) < 4.78 is 5.23. The van der Waals surface area contributed by atoms with Crippen LogP contribution in [0.15, 0.2) is 24.3 Å². The average Bonchev–Trinajstić information content (AvgIpc) is 3.14. The van der Waals surface area contributed by atoms with Gasteiger partial charge in [-0.25, -0.2) is 0 Å². The molecule has 0 aliphatic heterocycles. The van der Waals surface area contributed by atoms with Gasteiger partial charge < -0.3 is 15.4 Å². The molecule has 120 valence electrons. The number of thiophene rings is 1. The van der Waals surface area contributed by atoms with Crippen molar-refractivity contribution in [3.05, 3.63) is 45.8 Å². The molecule has 1 aliphatic rings. The molecule has 0 spiro atoms. The standard InChI is InChI=1S/C17H18N2O3S/c1-18-16(21)14-11-7-5-9-13(11)23-17(14)19-15(20)10-6-3-4-8-12(10)22-2/h3-4,6,8H,5,7,9H2,1-2H3,(H,18,21)(H,19,20). The van der Waals surface area contributed by atoms with Gasteiger partial charge >= 0.3 is 0 Å². The number of aryl methyl sites for hydroxylation is 1. The lowest BCUT2D eigenvalue weighted by atomic mass is 10.1. The van der Waals surface area contributed by atoms with Gasteiger partial charge in [-0.15, -0.1) is 11.3 Å². The van der Waals surface area contributed by atoms with E-state index in [1.807, 2.05) is 6.07 Å².